The van der Waals surface area contributed by atoms with Crippen molar-refractivity contribution in [1.82, 2.24) is 4.57 Å². The number of benzene rings is 7. The number of hydrogen-bond acceptors (Lipinski definition) is 1. The van der Waals surface area contributed by atoms with Crippen LogP contribution in [0.2, 0.25) is 0 Å². The molecule has 0 radical (unpaired) electrons. The maximum atomic E-state index is 6.37. The van der Waals surface area contributed by atoms with Gasteiger partial charge in [-0.2, -0.15) is 0 Å². The number of rotatable bonds is 2. The quantitative estimate of drug-likeness (QED) is 0.216. The summed E-state index contributed by atoms with van der Waals surface area (Å²) in [5.41, 5.74) is 13.1. The van der Waals surface area contributed by atoms with Gasteiger partial charge in [-0.3, -0.25) is 0 Å². The van der Waals surface area contributed by atoms with Crippen molar-refractivity contribution in [3.63, 3.8) is 0 Å². The van der Waals surface area contributed by atoms with Gasteiger partial charge < -0.3 is 8.98 Å². The molecule has 2 heteroatoms. The Morgan fingerprint density at radius 1 is 0.357 bits per heavy atom. The van der Waals surface area contributed by atoms with E-state index in [-0.39, 0.29) is 0 Å². The third-order valence-corrected chi connectivity index (χ3v) is 9.15. The molecular weight excluding hydrogens is 510 g/mol. The lowest BCUT2D eigenvalue weighted by Crippen LogP contribution is -1.97. The maximum Gasteiger partial charge on any atom is 0.137 e. The molecule has 9 aromatic rings. The molecule has 0 unspecified atom stereocenters. The normalized spacial score (nSPS) is 12.3. The van der Waals surface area contributed by atoms with Crippen LogP contribution in [0, 0.1) is 0 Å². The summed E-state index contributed by atoms with van der Waals surface area (Å²) in [5.74, 6) is 0. The van der Waals surface area contributed by atoms with Crippen LogP contribution in [0.25, 0.3) is 93.6 Å². The van der Waals surface area contributed by atoms with Crippen molar-refractivity contribution in [3.8, 4) is 39.1 Å². The van der Waals surface area contributed by atoms with Crippen LogP contribution in [0.4, 0.5) is 0 Å². The lowest BCUT2D eigenvalue weighted by Gasteiger charge is -2.16. The van der Waals surface area contributed by atoms with Gasteiger partial charge in [-0.25, -0.2) is 0 Å². The van der Waals surface area contributed by atoms with E-state index in [2.05, 4.69) is 138 Å². The van der Waals surface area contributed by atoms with Crippen LogP contribution in [0.3, 0.4) is 0 Å². The van der Waals surface area contributed by atoms with Crippen molar-refractivity contribution < 1.29 is 4.42 Å². The Hall–Kier alpha value is -5.60. The molecule has 194 valence electrons. The molecule has 0 saturated heterocycles. The summed E-state index contributed by atoms with van der Waals surface area (Å²) in [6.45, 7) is 0. The first-order valence-corrected chi connectivity index (χ1v) is 14.4. The van der Waals surface area contributed by atoms with Gasteiger partial charge in [0.1, 0.15) is 11.2 Å². The van der Waals surface area contributed by atoms with Crippen LogP contribution in [-0.4, -0.2) is 4.57 Å². The van der Waals surface area contributed by atoms with E-state index >= 15 is 0 Å². The predicted molar refractivity (Wildman–Crippen MR) is 175 cm³/mol. The van der Waals surface area contributed by atoms with E-state index in [4.69, 9.17) is 4.42 Å². The highest BCUT2D eigenvalue weighted by Crippen LogP contribution is 2.50. The first-order chi connectivity index (χ1) is 20.8. The van der Waals surface area contributed by atoms with Gasteiger partial charge in [-0.15, -0.1) is 0 Å². The molecule has 2 heterocycles. The Labute approximate surface area is 241 Å². The Morgan fingerprint density at radius 2 is 1.00 bits per heavy atom. The van der Waals surface area contributed by atoms with E-state index in [1.165, 1.54) is 60.4 Å². The molecule has 0 spiro atoms. The minimum Gasteiger partial charge on any atom is -0.456 e. The standard InChI is InChI=1S/C40H23NO/c1-2-11-25-24(10-1)30-15-9-16-31-26(20-21-32(25)40(30)31)27-12-3-6-17-35(27)41-36-18-7-4-13-28(36)33-22-34-29-14-5-8-19-38(29)42-39(34)23-37(33)41/h1-23H. The van der Waals surface area contributed by atoms with Crippen molar-refractivity contribution in [2.45, 2.75) is 0 Å². The highest BCUT2D eigenvalue weighted by Gasteiger charge is 2.24. The SMILES string of the molecule is c1ccc2c(c1)-c1cccc3c(-c4ccccc4-n4c5ccccc5c5cc6c(cc54)oc4ccccc46)ccc-2c13. The van der Waals surface area contributed by atoms with Crippen LogP contribution in [-0.2, 0) is 0 Å². The Morgan fingerprint density at radius 3 is 1.88 bits per heavy atom. The third kappa shape index (κ3) is 2.78. The second-order valence-electron chi connectivity index (χ2n) is 11.3. The Kier molecular flexibility index (Phi) is 4.21. The molecule has 2 aromatic heterocycles. The summed E-state index contributed by atoms with van der Waals surface area (Å²) in [6, 6.07) is 50.6. The number of nitrogens with zero attached hydrogens (tertiary/aromatic N) is 1. The molecule has 42 heavy (non-hydrogen) atoms. The van der Waals surface area contributed by atoms with Crippen LogP contribution in [0.15, 0.2) is 144 Å². The molecule has 2 nitrogen and oxygen atoms in total. The van der Waals surface area contributed by atoms with E-state index in [1.54, 1.807) is 0 Å². The summed E-state index contributed by atoms with van der Waals surface area (Å²) >= 11 is 0. The summed E-state index contributed by atoms with van der Waals surface area (Å²) < 4.78 is 8.79. The van der Waals surface area contributed by atoms with E-state index in [1.807, 2.05) is 6.07 Å². The predicted octanol–water partition coefficient (Wildman–Crippen LogP) is 11.2. The van der Waals surface area contributed by atoms with Gasteiger partial charge in [-0.05, 0) is 62.9 Å². The molecule has 0 bridgehead atoms. The molecule has 0 amide bonds. The molecule has 0 N–H and O–H groups in total. The Bertz CT molecular complexity index is 2550. The topological polar surface area (TPSA) is 18.1 Å². The monoisotopic (exact) mass is 533 g/mol. The lowest BCUT2D eigenvalue weighted by atomic mass is 9.93. The summed E-state index contributed by atoms with van der Waals surface area (Å²) in [5, 5.41) is 7.41. The highest BCUT2D eigenvalue weighted by atomic mass is 16.3. The average molecular weight is 534 g/mol. The van der Waals surface area contributed by atoms with Gasteiger partial charge in [-0.1, -0.05) is 109 Å². The number of aromatic nitrogens is 1. The second-order valence-corrected chi connectivity index (χ2v) is 11.3. The van der Waals surface area contributed by atoms with Crippen LogP contribution in [0.1, 0.15) is 0 Å². The fraction of sp³-hybridized carbons (Fsp3) is 0. The minimum atomic E-state index is 0.910. The number of hydrogen-bond donors (Lipinski definition) is 0. The average Bonchev–Trinajstić information content (AvgIpc) is 3.69. The van der Waals surface area contributed by atoms with Crippen molar-refractivity contribution in [3.05, 3.63) is 140 Å². The smallest absolute Gasteiger partial charge is 0.137 e. The molecule has 0 saturated carbocycles. The van der Waals surface area contributed by atoms with Gasteiger partial charge >= 0.3 is 0 Å². The largest absolute Gasteiger partial charge is 0.456 e. The molecule has 7 aromatic carbocycles. The molecular formula is C40H23NO. The fourth-order valence-electron chi connectivity index (χ4n) is 7.39. The van der Waals surface area contributed by atoms with Crippen molar-refractivity contribution >= 4 is 54.5 Å². The van der Waals surface area contributed by atoms with E-state index in [9.17, 15) is 0 Å². The van der Waals surface area contributed by atoms with Crippen LogP contribution < -0.4 is 0 Å². The van der Waals surface area contributed by atoms with Gasteiger partial charge in [0.2, 0.25) is 0 Å². The molecule has 10 rings (SSSR count). The van der Waals surface area contributed by atoms with Gasteiger partial charge in [0.15, 0.2) is 0 Å². The molecule has 0 fully saturated rings. The summed E-state index contributed by atoms with van der Waals surface area (Å²) in [4.78, 5) is 0. The van der Waals surface area contributed by atoms with Gasteiger partial charge in [0.25, 0.3) is 0 Å². The second kappa shape index (κ2) is 7.99. The molecule has 1 aliphatic carbocycles. The maximum absolute atomic E-state index is 6.37. The number of furan rings is 1. The van der Waals surface area contributed by atoms with Crippen molar-refractivity contribution in [1.29, 1.82) is 0 Å². The van der Waals surface area contributed by atoms with Crippen molar-refractivity contribution in [2.24, 2.45) is 0 Å². The zero-order valence-corrected chi connectivity index (χ0v) is 22.6. The molecule has 0 aliphatic heterocycles. The lowest BCUT2D eigenvalue weighted by molar-refractivity contribution is 0.669. The third-order valence-electron chi connectivity index (χ3n) is 9.15. The van der Waals surface area contributed by atoms with Crippen molar-refractivity contribution in [2.75, 3.05) is 0 Å². The van der Waals surface area contributed by atoms with Crippen LogP contribution in [0.5, 0.6) is 0 Å². The highest BCUT2D eigenvalue weighted by molar-refractivity contribution is 6.20. The molecule has 1 aliphatic rings. The zero-order chi connectivity index (χ0) is 27.4. The van der Waals surface area contributed by atoms with Gasteiger partial charge in [0.05, 0.1) is 16.7 Å². The fourth-order valence-corrected chi connectivity index (χ4v) is 7.39. The number of fused-ring (bicyclic) bond motifs is 9. The van der Waals surface area contributed by atoms with Crippen LogP contribution >= 0.6 is 0 Å². The first kappa shape index (κ1) is 22.1. The van der Waals surface area contributed by atoms with Gasteiger partial charge in [0, 0.05) is 33.2 Å². The first-order valence-electron chi connectivity index (χ1n) is 14.4. The number of para-hydroxylation sites is 3. The van der Waals surface area contributed by atoms with E-state index < -0.39 is 0 Å². The minimum absolute atomic E-state index is 0.910. The Balaban J connectivity index is 1.30. The summed E-state index contributed by atoms with van der Waals surface area (Å²) in [7, 11) is 0. The van der Waals surface area contributed by atoms with E-state index in [0.29, 0.717) is 0 Å². The summed E-state index contributed by atoms with van der Waals surface area (Å²) in [6.07, 6.45) is 0. The zero-order valence-electron chi connectivity index (χ0n) is 22.6. The van der Waals surface area contributed by atoms with E-state index in [0.717, 1.165) is 33.1 Å². The molecule has 0 atom stereocenters.